The fraction of sp³-hybridized carbons (Fsp3) is 0.200. The highest BCUT2D eigenvalue weighted by atomic mass is 16.3. The van der Waals surface area contributed by atoms with Gasteiger partial charge in [0.1, 0.15) is 5.76 Å². The molecule has 0 fully saturated rings. The van der Waals surface area contributed by atoms with Gasteiger partial charge in [0.2, 0.25) is 5.91 Å². The smallest absolute Gasteiger partial charge is 0.251 e. The molecule has 0 aliphatic carbocycles. The van der Waals surface area contributed by atoms with Crippen molar-refractivity contribution in [3.8, 4) is 0 Å². The number of carbonyl (C=O) groups excluding carboxylic acids is 2. The number of hydrogen-bond donors (Lipinski definition) is 2. The number of furan rings is 1. The van der Waals surface area contributed by atoms with Crippen LogP contribution in [0.2, 0.25) is 0 Å². The van der Waals surface area contributed by atoms with E-state index in [0.29, 0.717) is 24.2 Å². The van der Waals surface area contributed by atoms with Gasteiger partial charge in [0.15, 0.2) is 0 Å². The minimum absolute atomic E-state index is 0.138. The van der Waals surface area contributed by atoms with E-state index in [2.05, 4.69) is 10.6 Å². The van der Waals surface area contributed by atoms with Crippen LogP contribution in [-0.2, 0) is 11.2 Å². The molecule has 2 aromatic rings. The first-order valence-electron chi connectivity index (χ1n) is 6.33. The van der Waals surface area contributed by atoms with Crippen LogP contribution >= 0.6 is 0 Å². The number of benzene rings is 1. The van der Waals surface area contributed by atoms with Gasteiger partial charge >= 0.3 is 0 Å². The van der Waals surface area contributed by atoms with Crippen LogP contribution in [0.4, 0.5) is 5.69 Å². The maximum Gasteiger partial charge on any atom is 0.251 e. The van der Waals surface area contributed by atoms with Gasteiger partial charge in [0.05, 0.1) is 6.26 Å². The molecule has 0 aliphatic rings. The van der Waals surface area contributed by atoms with Gasteiger partial charge in [-0.3, -0.25) is 9.59 Å². The van der Waals surface area contributed by atoms with Crippen molar-refractivity contribution in [3.63, 3.8) is 0 Å². The van der Waals surface area contributed by atoms with E-state index in [1.165, 1.54) is 6.92 Å². The van der Waals surface area contributed by atoms with Crippen LogP contribution < -0.4 is 10.6 Å². The molecule has 0 radical (unpaired) electrons. The molecule has 5 nitrogen and oxygen atoms in total. The van der Waals surface area contributed by atoms with Crippen molar-refractivity contribution in [2.75, 3.05) is 11.9 Å². The van der Waals surface area contributed by atoms with Crippen molar-refractivity contribution < 1.29 is 14.0 Å². The molecule has 2 amide bonds. The Labute approximate surface area is 117 Å². The molecular formula is C15H16N2O3. The monoisotopic (exact) mass is 272 g/mol. The SMILES string of the molecule is CC(=O)Nc1ccc(C(=O)NCCc2ccco2)cc1. The summed E-state index contributed by atoms with van der Waals surface area (Å²) >= 11 is 0. The van der Waals surface area contributed by atoms with E-state index >= 15 is 0 Å². The van der Waals surface area contributed by atoms with Crippen molar-refractivity contribution in [3.05, 3.63) is 54.0 Å². The zero-order chi connectivity index (χ0) is 14.4. The van der Waals surface area contributed by atoms with Gasteiger partial charge in [0.25, 0.3) is 5.91 Å². The van der Waals surface area contributed by atoms with E-state index in [-0.39, 0.29) is 11.8 Å². The number of anilines is 1. The van der Waals surface area contributed by atoms with Crippen LogP contribution in [0, 0.1) is 0 Å². The van der Waals surface area contributed by atoms with Crippen LogP contribution in [0.3, 0.4) is 0 Å². The quantitative estimate of drug-likeness (QED) is 0.876. The van der Waals surface area contributed by atoms with Crippen molar-refractivity contribution in [1.29, 1.82) is 0 Å². The standard InChI is InChI=1S/C15H16N2O3/c1-11(18)17-13-6-4-12(5-7-13)15(19)16-9-8-14-3-2-10-20-14/h2-7,10H,8-9H2,1H3,(H,16,19)(H,17,18). The van der Waals surface area contributed by atoms with Crippen molar-refractivity contribution in [2.24, 2.45) is 0 Å². The third-order valence-electron chi connectivity index (χ3n) is 2.70. The van der Waals surface area contributed by atoms with Crippen LogP contribution in [0.5, 0.6) is 0 Å². The summed E-state index contributed by atoms with van der Waals surface area (Å²) in [4.78, 5) is 22.8. The lowest BCUT2D eigenvalue weighted by atomic mass is 10.2. The second-order valence-corrected chi connectivity index (χ2v) is 4.34. The molecule has 1 aromatic heterocycles. The Bertz CT molecular complexity index is 574. The molecule has 0 aliphatic heterocycles. The number of carbonyl (C=O) groups is 2. The van der Waals surface area contributed by atoms with E-state index in [4.69, 9.17) is 4.42 Å². The lowest BCUT2D eigenvalue weighted by molar-refractivity contribution is -0.114. The largest absolute Gasteiger partial charge is 0.469 e. The second kappa shape index (κ2) is 6.56. The highest BCUT2D eigenvalue weighted by Crippen LogP contribution is 2.09. The zero-order valence-corrected chi connectivity index (χ0v) is 11.2. The Balaban J connectivity index is 1.84. The van der Waals surface area contributed by atoms with Gasteiger partial charge in [-0.2, -0.15) is 0 Å². The molecule has 0 unspecified atom stereocenters. The first-order chi connectivity index (χ1) is 9.65. The Hall–Kier alpha value is -2.56. The summed E-state index contributed by atoms with van der Waals surface area (Å²) in [6, 6.07) is 10.4. The van der Waals surface area contributed by atoms with E-state index in [0.717, 1.165) is 5.76 Å². The summed E-state index contributed by atoms with van der Waals surface area (Å²) in [5, 5.41) is 5.46. The molecule has 2 rings (SSSR count). The van der Waals surface area contributed by atoms with Crippen molar-refractivity contribution >= 4 is 17.5 Å². The van der Waals surface area contributed by atoms with Crippen LogP contribution in [0.25, 0.3) is 0 Å². The number of rotatable bonds is 5. The molecule has 1 aromatic carbocycles. The summed E-state index contributed by atoms with van der Waals surface area (Å²) in [6.07, 6.45) is 2.26. The van der Waals surface area contributed by atoms with Gasteiger partial charge in [-0.1, -0.05) is 0 Å². The second-order valence-electron chi connectivity index (χ2n) is 4.34. The summed E-state index contributed by atoms with van der Waals surface area (Å²) in [5.41, 5.74) is 1.23. The number of nitrogens with one attached hydrogen (secondary N) is 2. The summed E-state index contributed by atoms with van der Waals surface area (Å²) in [7, 11) is 0. The van der Waals surface area contributed by atoms with Crippen LogP contribution in [0.15, 0.2) is 47.1 Å². The fourth-order valence-electron chi connectivity index (χ4n) is 1.76. The van der Waals surface area contributed by atoms with E-state index in [1.54, 1.807) is 30.5 Å². The first kappa shape index (κ1) is 13.9. The lowest BCUT2D eigenvalue weighted by Crippen LogP contribution is -2.25. The molecule has 0 atom stereocenters. The average Bonchev–Trinajstić information content (AvgIpc) is 2.92. The topological polar surface area (TPSA) is 71.3 Å². The number of amides is 2. The van der Waals surface area contributed by atoms with Gasteiger partial charge in [-0.05, 0) is 36.4 Å². The minimum atomic E-state index is -0.147. The molecular weight excluding hydrogens is 256 g/mol. The van der Waals surface area contributed by atoms with Crippen LogP contribution in [-0.4, -0.2) is 18.4 Å². The third-order valence-corrected chi connectivity index (χ3v) is 2.70. The normalized spacial score (nSPS) is 10.1. The van der Waals surface area contributed by atoms with E-state index in [1.807, 2.05) is 12.1 Å². The van der Waals surface area contributed by atoms with Crippen molar-refractivity contribution in [2.45, 2.75) is 13.3 Å². The zero-order valence-electron chi connectivity index (χ0n) is 11.2. The molecule has 5 heteroatoms. The molecule has 0 saturated heterocycles. The maximum absolute atomic E-state index is 11.9. The number of hydrogen-bond acceptors (Lipinski definition) is 3. The lowest BCUT2D eigenvalue weighted by Gasteiger charge is -2.06. The third kappa shape index (κ3) is 3.98. The molecule has 0 saturated carbocycles. The van der Waals surface area contributed by atoms with Gasteiger partial charge in [-0.15, -0.1) is 0 Å². The van der Waals surface area contributed by atoms with E-state index in [9.17, 15) is 9.59 Å². The molecule has 0 spiro atoms. The summed E-state index contributed by atoms with van der Waals surface area (Å²) < 4.78 is 5.18. The first-order valence-corrected chi connectivity index (χ1v) is 6.33. The molecule has 1 heterocycles. The molecule has 20 heavy (non-hydrogen) atoms. The Kier molecular flexibility index (Phi) is 4.55. The average molecular weight is 272 g/mol. The Morgan fingerprint density at radius 3 is 2.50 bits per heavy atom. The minimum Gasteiger partial charge on any atom is -0.469 e. The Morgan fingerprint density at radius 2 is 1.90 bits per heavy atom. The predicted molar refractivity (Wildman–Crippen MR) is 75.5 cm³/mol. The maximum atomic E-state index is 11.9. The fourth-order valence-corrected chi connectivity index (χ4v) is 1.76. The molecule has 104 valence electrons. The summed E-state index contributed by atoms with van der Waals surface area (Å²) in [5.74, 6) is 0.554. The van der Waals surface area contributed by atoms with Gasteiger partial charge < -0.3 is 15.1 Å². The van der Waals surface area contributed by atoms with Crippen molar-refractivity contribution in [1.82, 2.24) is 5.32 Å². The van der Waals surface area contributed by atoms with Gasteiger partial charge in [0, 0.05) is 31.1 Å². The predicted octanol–water partition coefficient (Wildman–Crippen LogP) is 2.21. The summed E-state index contributed by atoms with van der Waals surface area (Å²) in [6.45, 7) is 1.95. The van der Waals surface area contributed by atoms with E-state index < -0.39 is 0 Å². The molecule has 2 N–H and O–H groups in total. The highest BCUT2D eigenvalue weighted by Gasteiger charge is 2.05. The highest BCUT2D eigenvalue weighted by molar-refractivity contribution is 5.95. The molecule has 0 bridgehead atoms. The van der Waals surface area contributed by atoms with Crippen LogP contribution in [0.1, 0.15) is 23.0 Å². The Morgan fingerprint density at radius 1 is 1.15 bits per heavy atom. The van der Waals surface area contributed by atoms with Gasteiger partial charge in [-0.25, -0.2) is 0 Å².